The highest BCUT2D eigenvalue weighted by molar-refractivity contribution is 7.16. The van der Waals surface area contributed by atoms with Gasteiger partial charge in [-0.2, -0.15) is 0 Å². The Morgan fingerprint density at radius 1 is 1.21 bits per heavy atom. The monoisotopic (exact) mass is 353 g/mol. The molecule has 1 aromatic rings. The number of piperazine rings is 1. The standard InChI is InChI=1S/C17H27N3O3S/c1-4-6-19-7-9-20(10-8-19)12-15(21)18-16-14(17(22)23-3)11-13(5-2)24-16/h11H,4-10,12H2,1-3H3,(H,18,21). The van der Waals surface area contributed by atoms with Gasteiger partial charge in [-0.3, -0.25) is 9.69 Å². The summed E-state index contributed by atoms with van der Waals surface area (Å²) >= 11 is 1.44. The first kappa shape index (κ1) is 18.9. The van der Waals surface area contributed by atoms with Gasteiger partial charge in [0.2, 0.25) is 5.91 Å². The molecule has 0 saturated carbocycles. The molecule has 6 nitrogen and oxygen atoms in total. The quantitative estimate of drug-likeness (QED) is 0.761. The van der Waals surface area contributed by atoms with Gasteiger partial charge in [-0.05, 0) is 25.5 Å². The highest BCUT2D eigenvalue weighted by atomic mass is 32.1. The highest BCUT2D eigenvalue weighted by Gasteiger charge is 2.21. The van der Waals surface area contributed by atoms with Gasteiger partial charge in [-0.25, -0.2) is 4.79 Å². The molecule has 1 fully saturated rings. The normalized spacial score (nSPS) is 16.1. The third-order valence-corrected chi connectivity index (χ3v) is 5.36. The number of ether oxygens (including phenoxy) is 1. The molecular formula is C17H27N3O3S. The second-order valence-corrected chi connectivity index (χ2v) is 7.10. The van der Waals surface area contributed by atoms with Crippen molar-refractivity contribution >= 4 is 28.2 Å². The maximum atomic E-state index is 12.3. The number of aryl methyl sites for hydroxylation is 1. The van der Waals surface area contributed by atoms with Gasteiger partial charge in [0.25, 0.3) is 0 Å². The molecule has 2 heterocycles. The molecule has 0 spiro atoms. The average Bonchev–Trinajstić information content (AvgIpc) is 2.99. The van der Waals surface area contributed by atoms with Gasteiger partial charge in [0.05, 0.1) is 19.2 Å². The predicted molar refractivity (Wildman–Crippen MR) is 96.8 cm³/mol. The van der Waals surface area contributed by atoms with Crippen molar-refractivity contribution in [2.24, 2.45) is 0 Å². The lowest BCUT2D eigenvalue weighted by Gasteiger charge is -2.34. The third kappa shape index (κ3) is 5.03. The van der Waals surface area contributed by atoms with Crippen molar-refractivity contribution in [1.82, 2.24) is 9.80 Å². The van der Waals surface area contributed by atoms with E-state index in [2.05, 4.69) is 22.0 Å². The van der Waals surface area contributed by atoms with Gasteiger partial charge in [0, 0.05) is 31.1 Å². The Balaban J connectivity index is 1.91. The lowest BCUT2D eigenvalue weighted by atomic mass is 10.2. The summed E-state index contributed by atoms with van der Waals surface area (Å²) in [5, 5.41) is 3.48. The van der Waals surface area contributed by atoms with E-state index in [1.165, 1.54) is 18.4 Å². The Morgan fingerprint density at radius 3 is 2.46 bits per heavy atom. The molecule has 7 heteroatoms. The van der Waals surface area contributed by atoms with E-state index in [0.29, 0.717) is 17.1 Å². The van der Waals surface area contributed by atoms with Crippen LogP contribution in [0.4, 0.5) is 5.00 Å². The summed E-state index contributed by atoms with van der Waals surface area (Å²) in [6.07, 6.45) is 1.98. The van der Waals surface area contributed by atoms with Crippen LogP contribution in [0.15, 0.2) is 6.07 Å². The molecular weight excluding hydrogens is 326 g/mol. The number of amides is 1. The van der Waals surface area contributed by atoms with Crippen LogP contribution in [0.25, 0.3) is 0 Å². The summed E-state index contributed by atoms with van der Waals surface area (Å²) in [5.41, 5.74) is 0.445. The molecule has 134 valence electrons. The van der Waals surface area contributed by atoms with E-state index in [1.807, 2.05) is 6.92 Å². The smallest absolute Gasteiger partial charge is 0.340 e. The van der Waals surface area contributed by atoms with Crippen LogP contribution in [0, 0.1) is 0 Å². The van der Waals surface area contributed by atoms with Crippen LogP contribution >= 0.6 is 11.3 Å². The molecule has 2 rings (SSSR count). The molecule has 0 aliphatic carbocycles. The van der Waals surface area contributed by atoms with Crippen molar-refractivity contribution in [3.63, 3.8) is 0 Å². The number of rotatable bonds is 7. The third-order valence-electron chi connectivity index (χ3n) is 4.16. The zero-order valence-corrected chi connectivity index (χ0v) is 15.6. The number of carbonyl (C=O) groups excluding carboxylic acids is 2. The highest BCUT2D eigenvalue weighted by Crippen LogP contribution is 2.29. The van der Waals surface area contributed by atoms with E-state index in [4.69, 9.17) is 4.74 Å². The van der Waals surface area contributed by atoms with Gasteiger partial charge in [-0.1, -0.05) is 13.8 Å². The van der Waals surface area contributed by atoms with E-state index in [0.717, 1.165) is 50.4 Å². The summed E-state index contributed by atoms with van der Waals surface area (Å²) in [6, 6.07) is 1.80. The van der Waals surface area contributed by atoms with Crippen LogP contribution in [0.3, 0.4) is 0 Å². The first-order chi connectivity index (χ1) is 11.6. The van der Waals surface area contributed by atoms with Crippen LogP contribution in [0.5, 0.6) is 0 Å². The molecule has 1 amide bonds. The van der Waals surface area contributed by atoms with Gasteiger partial charge in [0.1, 0.15) is 5.00 Å². The Hall–Kier alpha value is -1.44. The summed E-state index contributed by atoms with van der Waals surface area (Å²) in [5.74, 6) is -0.483. The lowest BCUT2D eigenvalue weighted by molar-refractivity contribution is -0.117. The largest absolute Gasteiger partial charge is 0.465 e. The number of methoxy groups -OCH3 is 1. The molecule has 1 N–H and O–H groups in total. The fourth-order valence-corrected chi connectivity index (χ4v) is 3.83. The first-order valence-corrected chi connectivity index (χ1v) is 9.34. The summed E-state index contributed by atoms with van der Waals surface area (Å²) in [6.45, 7) is 9.51. The van der Waals surface area contributed by atoms with Crippen molar-refractivity contribution in [3.8, 4) is 0 Å². The van der Waals surface area contributed by atoms with Crippen LogP contribution in [-0.4, -0.2) is 68.1 Å². The second-order valence-electron chi connectivity index (χ2n) is 5.97. The zero-order valence-electron chi connectivity index (χ0n) is 14.8. The molecule has 1 aliphatic heterocycles. The van der Waals surface area contributed by atoms with Crippen molar-refractivity contribution in [3.05, 3.63) is 16.5 Å². The molecule has 0 bridgehead atoms. The SMILES string of the molecule is CCCN1CCN(CC(=O)Nc2sc(CC)cc2C(=O)OC)CC1. The molecule has 24 heavy (non-hydrogen) atoms. The fourth-order valence-electron chi connectivity index (χ4n) is 2.83. The first-order valence-electron chi connectivity index (χ1n) is 8.52. The maximum absolute atomic E-state index is 12.3. The number of hydrogen-bond donors (Lipinski definition) is 1. The van der Waals surface area contributed by atoms with Gasteiger partial charge in [0.15, 0.2) is 0 Å². The van der Waals surface area contributed by atoms with Crippen molar-refractivity contribution in [2.75, 3.05) is 51.7 Å². The van der Waals surface area contributed by atoms with Crippen molar-refractivity contribution in [1.29, 1.82) is 0 Å². The van der Waals surface area contributed by atoms with Gasteiger partial charge >= 0.3 is 5.97 Å². The molecule has 0 unspecified atom stereocenters. The summed E-state index contributed by atoms with van der Waals surface area (Å²) in [7, 11) is 1.35. The fraction of sp³-hybridized carbons (Fsp3) is 0.647. The average molecular weight is 353 g/mol. The van der Waals surface area contributed by atoms with Gasteiger partial charge in [-0.15, -0.1) is 11.3 Å². The van der Waals surface area contributed by atoms with Gasteiger partial charge < -0.3 is 15.0 Å². The molecule has 0 atom stereocenters. The number of nitrogens with one attached hydrogen (secondary N) is 1. The number of carbonyl (C=O) groups is 2. The Morgan fingerprint density at radius 2 is 1.88 bits per heavy atom. The topological polar surface area (TPSA) is 61.9 Å². The molecule has 0 radical (unpaired) electrons. The summed E-state index contributed by atoms with van der Waals surface area (Å²) in [4.78, 5) is 29.8. The number of esters is 1. The molecule has 1 saturated heterocycles. The predicted octanol–water partition coefficient (Wildman–Crippen LogP) is 2.06. The second kappa shape index (κ2) is 9.15. The van der Waals surface area contributed by atoms with E-state index in [-0.39, 0.29) is 5.91 Å². The molecule has 1 aromatic heterocycles. The van der Waals surface area contributed by atoms with Crippen LogP contribution in [-0.2, 0) is 16.0 Å². The van der Waals surface area contributed by atoms with E-state index in [9.17, 15) is 9.59 Å². The van der Waals surface area contributed by atoms with Crippen molar-refractivity contribution < 1.29 is 14.3 Å². The Kier molecular flexibility index (Phi) is 7.20. The maximum Gasteiger partial charge on any atom is 0.340 e. The number of nitrogens with zero attached hydrogens (tertiary/aromatic N) is 2. The molecule has 1 aliphatic rings. The Labute approximate surface area is 147 Å². The number of hydrogen-bond acceptors (Lipinski definition) is 6. The van der Waals surface area contributed by atoms with Crippen LogP contribution < -0.4 is 5.32 Å². The minimum atomic E-state index is -0.408. The van der Waals surface area contributed by atoms with E-state index >= 15 is 0 Å². The minimum Gasteiger partial charge on any atom is -0.465 e. The minimum absolute atomic E-state index is 0.0754. The van der Waals surface area contributed by atoms with E-state index < -0.39 is 5.97 Å². The van der Waals surface area contributed by atoms with Crippen LogP contribution in [0.2, 0.25) is 0 Å². The van der Waals surface area contributed by atoms with Crippen LogP contribution in [0.1, 0.15) is 35.5 Å². The number of anilines is 1. The Bertz CT molecular complexity index is 565. The van der Waals surface area contributed by atoms with Crippen molar-refractivity contribution in [2.45, 2.75) is 26.7 Å². The van der Waals surface area contributed by atoms with E-state index in [1.54, 1.807) is 6.07 Å². The number of thiophene rings is 1. The lowest BCUT2D eigenvalue weighted by Crippen LogP contribution is -2.48. The molecule has 0 aromatic carbocycles. The zero-order chi connectivity index (χ0) is 17.5. The summed E-state index contributed by atoms with van der Waals surface area (Å²) < 4.78 is 4.80.